The Bertz CT molecular complexity index is 1040. The van der Waals surface area contributed by atoms with Gasteiger partial charge in [0.05, 0.1) is 41.7 Å². The topological polar surface area (TPSA) is 74.1 Å². The average Bonchev–Trinajstić information content (AvgIpc) is 2.91. The number of imidazole rings is 1. The van der Waals surface area contributed by atoms with Gasteiger partial charge in [0.15, 0.2) is 0 Å². The van der Waals surface area contributed by atoms with Crippen LogP contribution in [-0.4, -0.2) is 47.2 Å². The molecule has 0 N–H and O–H groups in total. The van der Waals surface area contributed by atoms with Crippen LogP contribution in [0.5, 0.6) is 0 Å². The van der Waals surface area contributed by atoms with Crippen LogP contribution in [-0.2, 0) is 27.5 Å². The summed E-state index contributed by atoms with van der Waals surface area (Å²) in [6.07, 6.45) is 3.83. The molecule has 0 aliphatic rings. The first kappa shape index (κ1) is 18.8. The van der Waals surface area contributed by atoms with Gasteiger partial charge in [0.1, 0.15) is 21.2 Å². The molecule has 0 unspecified atom stereocenters. The Labute approximate surface area is 154 Å². The summed E-state index contributed by atoms with van der Waals surface area (Å²) < 4.78 is 30.8. The SMILES string of the molecule is CCc1nc2cnc3ccccc3c2n1CC(C)(C)OCCS(C)(=O)=O. The lowest BCUT2D eigenvalue weighted by Crippen LogP contribution is -2.33. The van der Waals surface area contributed by atoms with Crippen LogP contribution >= 0.6 is 0 Å². The Kier molecular flexibility index (Phi) is 5.03. The lowest BCUT2D eigenvalue weighted by Gasteiger charge is -2.27. The van der Waals surface area contributed by atoms with E-state index in [9.17, 15) is 8.42 Å². The van der Waals surface area contributed by atoms with Crippen LogP contribution < -0.4 is 0 Å². The Balaban J connectivity index is 1.99. The standard InChI is InChI=1S/C19H25N3O3S/c1-5-17-21-16-12-20-15-9-7-6-8-14(15)18(16)22(17)13-19(2,3)25-10-11-26(4,23)24/h6-9,12H,5,10-11,13H2,1-4H3. The maximum absolute atomic E-state index is 11.4. The van der Waals surface area contributed by atoms with E-state index in [1.807, 2.05) is 38.2 Å². The minimum atomic E-state index is -3.04. The van der Waals surface area contributed by atoms with E-state index >= 15 is 0 Å². The fraction of sp³-hybridized carbons (Fsp3) is 0.474. The molecular weight excluding hydrogens is 350 g/mol. The monoisotopic (exact) mass is 375 g/mol. The molecule has 6 nitrogen and oxygen atoms in total. The molecule has 0 radical (unpaired) electrons. The number of nitrogens with zero attached hydrogens (tertiary/aromatic N) is 3. The van der Waals surface area contributed by atoms with Gasteiger partial charge >= 0.3 is 0 Å². The summed E-state index contributed by atoms with van der Waals surface area (Å²) in [5, 5.41) is 1.06. The minimum Gasteiger partial charge on any atom is -0.373 e. The van der Waals surface area contributed by atoms with Crippen LogP contribution in [0, 0.1) is 0 Å². The van der Waals surface area contributed by atoms with Crippen molar-refractivity contribution >= 4 is 31.8 Å². The Hall–Kier alpha value is -1.99. The summed E-state index contributed by atoms with van der Waals surface area (Å²) in [5.41, 5.74) is 2.33. The van der Waals surface area contributed by atoms with Crippen molar-refractivity contribution in [2.75, 3.05) is 18.6 Å². The molecule has 7 heteroatoms. The predicted molar refractivity (Wildman–Crippen MR) is 104 cm³/mol. The Morgan fingerprint density at radius 3 is 2.62 bits per heavy atom. The van der Waals surface area contributed by atoms with Gasteiger partial charge in [-0.2, -0.15) is 0 Å². The zero-order chi connectivity index (χ0) is 18.9. The lowest BCUT2D eigenvalue weighted by molar-refractivity contribution is -0.0210. The van der Waals surface area contributed by atoms with Crippen LogP contribution in [0.1, 0.15) is 26.6 Å². The highest BCUT2D eigenvalue weighted by Crippen LogP contribution is 2.27. The van der Waals surface area contributed by atoms with Crippen molar-refractivity contribution in [1.82, 2.24) is 14.5 Å². The van der Waals surface area contributed by atoms with Crippen LogP contribution in [0.3, 0.4) is 0 Å². The summed E-state index contributed by atoms with van der Waals surface area (Å²) in [5.74, 6) is 0.993. The molecule has 3 aromatic rings. The average molecular weight is 375 g/mol. The Morgan fingerprint density at radius 2 is 1.92 bits per heavy atom. The number of aryl methyl sites for hydroxylation is 1. The third kappa shape index (κ3) is 4.04. The number of aromatic nitrogens is 3. The van der Waals surface area contributed by atoms with E-state index in [1.54, 1.807) is 0 Å². The van der Waals surface area contributed by atoms with E-state index < -0.39 is 15.4 Å². The number of fused-ring (bicyclic) bond motifs is 3. The van der Waals surface area contributed by atoms with Crippen molar-refractivity contribution in [3.8, 4) is 0 Å². The highest BCUT2D eigenvalue weighted by molar-refractivity contribution is 7.90. The van der Waals surface area contributed by atoms with Crippen LogP contribution in [0.15, 0.2) is 30.5 Å². The molecule has 3 rings (SSSR count). The summed E-state index contributed by atoms with van der Waals surface area (Å²) >= 11 is 0. The number of benzene rings is 1. The molecule has 2 aromatic heterocycles. The number of rotatable bonds is 7. The summed E-state index contributed by atoms with van der Waals surface area (Å²) in [6.45, 7) is 6.80. The quantitative estimate of drug-likeness (QED) is 0.635. The number of hydrogen-bond donors (Lipinski definition) is 0. The van der Waals surface area contributed by atoms with E-state index in [0.717, 1.165) is 34.2 Å². The first-order valence-corrected chi connectivity index (χ1v) is 10.8. The minimum absolute atomic E-state index is 0.0224. The van der Waals surface area contributed by atoms with Gasteiger partial charge in [-0.05, 0) is 19.9 Å². The zero-order valence-electron chi connectivity index (χ0n) is 15.7. The molecule has 2 heterocycles. The molecular formula is C19H25N3O3S. The third-order valence-corrected chi connectivity index (χ3v) is 5.27. The second-order valence-electron chi connectivity index (χ2n) is 7.21. The molecule has 0 atom stereocenters. The van der Waals surface area contributed by atoms with Crippen LogP contribution in [0.25, 0.3) is 21.9 Å². The van der Waals surface area contributed by atoms with Crippen molar-refractivity contribution in [2.45, 2.75) is 39.3 Å². The van der Waals surface area contributed by atoms with Crippen molar-refractivity contribution in [1.29, 1.82) is 0 Å². The van der Waals surface area contributed by atoms with E-state index in [1.165, 1.54) is 6.26 Å². The largest absolute Gasteiger partial charge is 0.373 e. The number of sulfone groups is 1. The first-order chi connectivity index (χ1) is 12.2. The second kappa shape index (κ2) is 6.96. The third-order valence-electron chi connectivity index (χ3n) is 4.36. The summed E-state index contributed by atoms with van der Waals surface area (Å²) in [6, 6.07) is 8.02. The van der Waals surface area contributed by atoms with Gasteiger partial charge in [-0.1, -0.05) is 25.1 Å². The number of hydrogen-bond acceptors (Lipinski definition) is 5. The van der Waals surface area contributed by atoms with E-state index in [4.69, 9.17) is 9.72 Å². The van der Waals surface area contributed by atoms with Gasteiger partial charge in [0.2, 0.25) is 0 Å². The molecule has 0 amide bonds. The van der Waals surface area contributed by atoms with Crippen LogP contribution in [0.2, 0.25) is 0 Å². The number of ether oxygens (including phenoxy) is 1. The maximum atomic E-state index is 11.4. The first-order valence-electron chi connectivity index (χ1n) is 8.75. The van der Waals surface area contributed by atoms with Gasteiger partial charge in [-0.3, -0.25) is 4.98 Å². The van der Waals surface area contributed by atoms with Crippen molar-refractivity contribution in [3.63, 3.8) is 0 Å². The molecule has 0 aliphatic heterocycles. The molecule has 0 saturated carbocycles. The van der Waals surface area contributed by atoms with E-state index in [-0.39, 0.29) is 12.4 Å². The summed E-state index contributed by atoms with van der Waals surface area (Å²) in [7, 11) is -3.04. The number of para-hydroxylation sites is 1. The van der Waals surface area contributed by atoms with Gasteiger partial charge in [0, 0.05) is 18.1 Å². The highest BCUT2D eigenvalue weighted by Gasteiger charge is 2.24. The van der Waals surface area contributed by atoms with Gasteiger partial charge in [-0.15, -0.1) is 0 Å². The maximum Gasteiger partial charge on any atom is 0.149 e. The molecule has 0 bridgehead atoms. The van der Waals surface area contributed by atoms with Crippen molar-refractivity contribution < 1.29 is 13.2 Å². The van der Waals surface area contributed by atoms with E-state index in [2.05, 4.69) is 22.5 Å². The fourth-order valence-corrected chi connectivity index (χ4v) is 3.53. The molecule has 0 aliphatic carbocycles. The normalized spacial score (nSPS) is 12.9. The lowest BCUT2D eigenvalue weighted by atomic mass is 10.1. The highest BCUT2D eigenvalue weighted by atomic mass is 32.2. The fourth-order valence-electron chi connectivity index (χ4n) is 3.15. The smallest absolute Gasteiger partial charge is 0.149 e. The predicted octanol–water partition coefficient (Wildman–Crippen LogP) is 2.99. The van der Waals surface area contributed by atoms with Gasteiger partial charge in [0.25, 0.3) is 0 Å². The Morgan fingerprint density at radius 1 is 1.19 bits per heavy atom. The summed E-state index contributed by atoms with van der Waals surface area (Å²) in [4.78, 5) is 9.23. The van der Waals surface area contributed by atoms with E-state index in [0.29, 0.717) is 6.54 Å². The van der Waals surface area contributed by atoms with Gasteiger partial charge in [-0.25, -0.2) is 13.4 Å². The zero-order valence-corrected chi connectivity index (χ0v) is 16.5. The van der Waals surface area contributed by atoms with Gasteiger partial charge < -0.3 is 9.30 Å². The number of pyridine rings is 1. The van der Waals surface area contributed by atoms with Crippen molar-refractivity contribution in [2.24, 2.45) is 0 Å². The molecule has 26 heavy (non-hydrogen) atoms. The molecule has 0 spiro atoms. The van der Waals surface area contributed by atoms with Crippen molar-refractivity contribution in [3.05, 3.63) is 36.3 Å². The molecule has 0 saturated heterocycles. The molecule has 140 valence electrons. The van der Waals surface area contributed by atoms with Crippen LogP contribution in [0.4, 0.5) is 0 Å². The second-order valence-corrected chi connectivity index (χ2v) is 9.47. The molecule has 0 fully saturated rings. The molecule has 1 aromatic carbocycles.